The first kappa shape index (κ1) is 34.5. The van der Waals surface area contributed by atoms with Crippen LogP contribution in [0.15, 0.2) is 227 Å². The topological polar surface area (TPSA) is 32.8 Å². The van der Waals surface area contributed by atoms with Crippen LogP contribution < -0.4 is 9.80 Å². The molecule has 4 nitrogen and oxygen atoms in total. The average molecular weight is 793 g/mol. The number of furan rings is 2. The molecule has 2 heterocycles. The number of nitrogens with zero attached hydrogens (tertiary/aromatic N) is 2. The van der Waals surface area contributed by atoms with Gasteiger partial charge in [-0.2, -0.15) is 0 Å². The summed E-state index contributed by atoms with van der Waals surface area (Å²) in [5.74, 6) is 0. The fourth-order valence-electron chi connectivity index (χ4n) is 9.88. The van der Waals surface area contributed by atoms with Crippen LogP contribution >= 0.6 is 0 Å². The van der Waals surface area contributed by atoms with Crippen LogP contribution in [0.3, 0.4) is 0 Å². The molecule has 0 radical (unpaired) electrons. The Bertz CT molecular complexity index is 3620. The van der Waals surface area contributed by atoms with Gasteiger partial charge in [-0.15, -0.1) is 0 Å². The highest BCUT2D eigenvalue weighted by Gasteiger charge is 2.25. The molecule has 0 fully saturated rings. The van der Waals surface area contributed by atoms with Crippen molar-refractivity contribution in [2.24, 2.45) is 0 Å². The Morgan fingerprint density at radius 2 is 0.613 bits per heavy atom. The van der Waals surface area contributed by atoms with E-state index in [0.29, 0.717) is 0 Å². The van der Waals surface area contributed by atoms with Crippen LogP contribution in [0.25, 0.3) is 87.0 Å². The van der Waals surface area contributed by atoms with Gasteiger partial charge in [0, 0.05) is 72.7 Å². The van der Waals surface area contributed by atoms with Gasteiger partial charge in [-0.05, 0) is 64.0 Å². The Morgan fingerprint density at radius 3 is 1.06 bits per heavy atom. The summed E-state index contributed by atoms with van der Waals surface area (Å²) in [7, 11) is 0. The maximum absolute atomic E-state index is 6.93. The minimum atomic E-state index is 0.788. The number of para-hydroxylation sites is 2. The SMILES string of the molecule is c1ccc(N(c2cccc3ccccc23)c2cc3oc4cc5oc6cc(N(c7ccccc7)c7cccc8ccccc78)c7ccccc7c6c5cc4c3c3ccccc23)cc1. The normalized spacial score (nSPS) is 11.9. The molecular weight excluding hydrogens is 757 g/mol. The molecule has 0 atom stereocenters. The van der Waals surface area contributed by atoms with E-state index >= 15 is 0 Å². The lowest BCUT2D eigenvalue weighted by molar-refractivity contribution is 0.656. The average Bonchev–Trinajstić information content (AvgIpc) is 3.89. The third kappa shape index (κ3) is 5.20. The van der Waals surface area contributed by atoms with Crippen LogP contribution in [-0.2, 0) is 0 Å². The second-order valence-electron chi connectivity index (χ2n) is 16.0. The van der Waals surface area contributed by atoms with Crippen LogP contribution in [0.4, 0.5) is 34.1 Å². The van der Waals surface area contributed by atoms with Gasteiger partial charge in [-0.1, -0.05) is 158 Å². The van der Waals surface area contributed by atoms with E-state index in [0.717, 1.165) is 99.5 Å². The minimum Gasteiger partial charge on any atom is -0.456 e. The van der Waals surface area contributed by atoms with Gasteiger partial charge >= 0.3 is 0 Å². The van der Waals surface area contributed by atoms with Gasteiger partial charge in [0.1, 0.15) is 22.3 Å². The van der Waals surface area contributed by atoms with E-state index in [-0.39, 0.29) is 0 Å². The maximum atomic E-state index is 6.93. The number of fused-ring (bicyclic) bond motifs is 12. The zero-order valence-corrected chi connectivity index (χ0v) is 33.5. The molecule has 62 heavy (non-hydrogen) atoms. The first-order valence-electron chi connectivity index (χ1n) is 21.1. The highest BCUT2D eigenvalue weighted by atomic mass is 16.3. The third-order valence-corrected chi connectivity index (χ3v) is 12.6. The van der Waals surface area contributed by atoms with E-state index in [2.05, 4.69) is 228 Å². The lowest BCUT2D eigenvalue weighted by Gasteiger charge is -2.28. The molecule has 2 aromatic heterocycles. The minimum absolute atomic E-state index is 0.788. The molecule has 0 bridgehead atoms. The van der Waals surface area contributed by atoms with Crippen LogP contribution in [-0.4, -0.2) is 0 Å². The van der Waals surface area contributed by atoms with Crippen LogP contribution in [0.2, 0.25) is 0 Å². The van der Waals surface area contributed by atoms with Gasteiger partial charge in [-0.25, -0.2) is 0 Å². The van der Waals surface area contributed by atoms with Crippen molar-refractivity contribution in [2.45, 2.75) is 0 Å². The number of hydrogen-bond donors (Lipinski definition) is 0. The lowest BCUT2D eigenvalue weighted by Crippen LogP contribution is -2.11. The van der Waals surface area contributed by atoms with E-state index < -0.39 is 0 Å². The molecule has 0 aliphatic carbocycles. The fourth-order valence-corrected chi connectivity index (χ4v) is 9.88. The van der Waals surface area contributed by atoms with Crippen molar-refractivity contribution in [1.29, 1.82) is 0 Å². The molecule has 4 heteroatoms. The van der Waals surface area contributed by atoms with Gasteiger partial charge < -0.3 is 18.6 Å². The predicted octanol–water partition coefficient (Wildman–Crippen LogP) is 17.0. The van der Waals surface area contributed by atoms with Crippen LogP contribution in [0.1, 0.15) is 0 Å². The van der Waals surface area contributed by atoms with Gasteiger partial charge in [0.25, 0.3) is 0 Å². The number of hydrogen-bond acceptors (Lipinski definition) is 4. The van der Waals surface area contributed by atoms with E-state index in [1.807, 2.05) is 0 Å². The molecule has 0 saturated heterocycles. The Balaban J connectivity index is 1.06. The van der Waals surface area contributed by atoms with Gasteiger partial charge in [0.05, 0.1) is 22.7 Å². The van der Waals surface area contributed by atoms with Crippen LogP contribution in [0, 0.1) is 0 Å². The summed E-state index contributed by atoms with van der Waals surface area (Å²) in [6.07, 6.45) is 0. The quantitative estimate of drug-likeness (QED) is 0.168. The molecule has 0 amide bonds. The number of rotatable bonds is 6. The van der Waals surface area contributed by atoms with E-state index in [1.165, 1.54) is 21.5 Å². The van der Waals surface area contributed by atoms with Crippen molar-refractivity contribution >= 4 is 121 Å². The van der Waals surface area contributed by atoms with E-state index in [1.54, 1.807) is 0 Å². The zero-order valence-electron chi connectivity index (χ0n) is 33.5. The van der Waals surface area contributed by atoms with Crippen molar-refractivity contribution < 1.29 is 8.83 Å². The monoisotopic (exact) mass is 792 g/mol. The summed E-state index contributed by atoms with van der Waals surface area (Å²) in [6.45, 7) is 0. The second kappa shape index (κ2) is 13.6. The van der Waals surface area contributed by atoms with E-state index in [9.17, 15) is 0 Å². The number of benzene rings is 11. The van der Waals surface area contributed by atoms with Crippen molar-refractivity contribution in [3.63, 3.8) is 0 Å². The summed E-state index contributed by atoms with van der Waals surface area (Å²) >= 11 is 0. The summed E-state index contributed by atoms with van der Waals surface area (Å²) < 4.78 is 13.9. The molecule has 0 unspecified atom stereocenters. The van der Waals surface area contributed by atoms with Crippen molar-refractivity contribution in [1.82, 2.24) is 0 Å². The first-order valence-corrected chi connectivity index (χ1v) is 21.1. The first-order chi connectivity index (χ1) is 30.8. The fraction of sp³-hybridized carbons (Fsp3) is 0. The lowest BCUT2D eigenvalue weighted by atomic mass is 9.98. The highest BCUT2D eigenvalue weighted by molar-refractivity contribution is 6.28. The molecule has 290 valence electrons. The van der Waals surface area contributed by atoms with E-state index in [4.69, 9.17) is 8.83 Å². The molecule has 13 aromatic rings. The summed E-state index contributed by atoms with van der Waals surface area (Å²) in [4.78, 5) is 4.74. The van der Waals surface area contributed by atoms with Crippen LogP contribution in [0.5, 0.6) is 0 Å². The molecular formula is C58H36N2O2. The number of anilines is 6. The highest BCUT2D eigenvalue weighted by Crippen LogP contribution is 2.49. The van der Waals surface area contributed by atoms with Gasteiger partial charge in [-0.3, -0.25) is 0 Å². The Labute approximate surface area is 356 Å². The molecule has 0 N–H and O–H groups in total. The molecule has 0 spiro atoms. The van der Waals surface area contributed by atoms with Crippen molar-refractivity contribution in [3.05, 3.63) is 218 Å². The molecule has 13 rings (SSSR count). The Hall–Kier alpha value is -8.34. The summed E-state index contributed by atoms with van der Waals surface area (Å²) in [5.41, 5.74) is 9.70. The Kier molecular flexibility index (Phi) is 7.57. The van der Waals surface area contributed by atoms with Crippen molar-refractivity contribution in [2.75, 3.05) is 9.80 Å². The molecule has 0 aliphatic rings. The largest absolute Gasteiger partial charge is 0.456 e. The van der Waals surface area contributed by atoms with Gasteiger partial charge in [0.15, 0.2) is 0 Å². The van der Waals surface area contributed by atoms with Gasteiger partial charge in [0.2, 0.25) is 0 Å². The Morgan fingerprint density at radius 1 is 0.242 bits per heavy atom. The predicted molar refractivity (Wildman–Crippen MR) is 260 cm³/mol. The smallest absolute Gasteiger partial charge is 0.139 e. The maximum Gasteiger partial charge on any atom is 0.139 e. The second-order valence-corrected chi connectivity index (χ2v) is 16.0. The summed E-state index contributed by atoms with van der Waals surface area (Å²) in [6, 6.07) is 77.8. The third-order valence-electron chi connectivity index (χ3n) is 12.6. The molecule has 11 aromatic carbocycles. The summed E-state index contributed by atoms with van der Waals surface area (Å²) in [5, 5.41) is 13.6. The molecule has 0 saturated carbocycles. The molecule has 0 aliphatic heterocycles. The zero-order chi connectivity index (χ0) is 40.7. The van der Waals surface area contributed by atoms with Crippen molar-refractivity contribution in [3.8, 4) is 0 Å². The standard InChI is InChI=1S/C58H36N2O2/c1-3-21-39(22-4-1)59(49-31-15-19-37-17-7-9-25-41(37)49)51-34-55-57(45-29-13-11-27-43(45)51)47-33-48-54(36-53(47)61-55)62-56-35-52(44-28-12-14-30-46(44)58(48)56)60(40-23-5-2-6-24-40)50-32-16-20-38-18-8-10-26-42(38)50/h1-36H.